The summed E-state index contributed by atoms with van der Waals surface area (Å²) in [5, 5.41) is -0.308. The molecule has 0 unspecified atom stereocenters. The van der Waals surface area contributed by atoms with Crippen LogP contribution in [0.1, 0.15) is 13.3 Å². The van der Waals surface area contributed by atoms with Crippen LogP contribution < -0.4 is 0 Å². The first-order chi connectivity index (χ1) is 8.12. The lowest BCUT2D eigenvalue weighted by Gasteiger charge is -2.11. The van der Waals surface area contributed by atoms with Gasteiger partial charge >= 0.3 is 15.6 Å². The maximum absolute atomic E-state index is 12.0. The molecule has 0 aliphatic carbocycles. The smallest absolute Gasteiger partial charge is 0.375 e. The molecule has 106 valence electrons. The van der Waals surface area contributed by atoms with Crippen molar-refractivity contribution in [2.75, 3.05) is 13.2 Å². The number of alkyl halides is 3. The first kappa shape index (κ1) is 15.7. The fraction of sp³-hybridized carbons (Fsp3) is 0.875. The van der Waals surface area contributed by atoms with Gasteiger partial charge in [0, 0.05) is 12.2 Å². The van der Waals surface area contributed by atoms with Crippen molar-refractivity contribution in [2.24, 2.45) is 0 Å². The number of carbonyl (C=O) groups is 1. The topological polar surface area (TPSA) is 69.7 Å². The number of hydrogen-bond donors (Lipinski definition) is 0. The Morgan fingerprint density at radius 2 is 2.11 bits per heavy atom. The van der Waals surface area contributed by atoms with Crippen LogP contribution in [0.25, 0.3) is 0 Å². The average molecular weight is 308 g/mol. The molecule has 0 spiro atoms. The average Bonchev–Trinajstić information content (AvgIpc) is 2.60. The first-order valence-corrected chi connectivity index (χ1v) is 7.15. The summed E-state index contributed by atoms with van der Waals surface area (Å²) in [4.78, 5) is 10.8. The summed E-state index contributed by atoms with van der Waals surface area (Å²) in [5.74, 6) is 0. The molecule has 0 amide bonds. The second-order valence-corrected chi connectivity index (χ2v) is 6.69. The molecule has 10 heteroatoms. The Morgan fingerprint density at radius 3 is 2.61 bits per heavy atom. The monoisotopic (exact) mass is 308 g/mol. The van der Waals surface area contributed by atoms with E-state index < -0.39 is 28.3 Å². The Hall–Kier alpha value is -0.320. The van der Waals surface area contributed by atoms with Crippen LogP contribution in [0.4, 0.5) is 13.2 Å². The van der Waals surface area contributed by atoms with E-state index in [4.69, 9.17) is 4.74 Å². The summed E-state index contributed by atoms with van der Waals surface area (Å²) in [5.41, 5.74) is -5.43. The van der Waals surface area contributed by atoms with Crippen LogP contribution in [0.3, 0.4) is 0 Å². The minimum atomic E-state index is -5.58. The Kier molecular flexibility index (Phi) is 5.04. The van der Waals surface area contributed by atoms with Gasteiger partial charge in [-0.1, -0.05) is 11.8 Å². The Morgan fingerprint density at radius 1 is 1.50 bits per heavy atom. The lowest BCUT2D eigenvalue weighted by atomic mass is 10.2. The molecule has 0 aromatic heterocycles. The van der Waals surface area contributed by atoms with E-state index in [9.17, 15) is 26.4 Å². The zero-order chi connectivity index (χ0) is 14.0. The van der Waals surface area contributed by atoms with Crippen LogP contribution in [-0.2, 0) is 23.8 Å². The maximum atomic E-state index is 12.0. The van der Waals surface area contributed by atoms with E-state index in [1.54, 1.807) is 0 Å². The van der Waals surface area contributed by atoms with Gasteiger partial charge in [-0.3, -0.25) is 8.98 Å². The van der Waals surface area contributed by atoms with E-state index in [-0.39, 0.29) is 23.4 Å². The SMILES string of the molecule is CC(=O)S[C@@H]1CO[C@H](COS(=O)(=O)C(F)(F)F)C1. The molecule has 1 fully saturated rings. The van der Waals surface area contributed by atoms with E-state index in [1.165, 1.54) is 6.92 Å². The van der Waals surface area contributed by atoms with Gasteiger partial charge in [-0.25, -0.2) is 0 Å². The predicted octanol–water partition coefficient (Wildman–Crippen LogP) is 1.29. The number of carbonyl (C=O) groups excluding carboxylic acids is 1. The highest BCUT2D eigenvalue weighted by atomic mass is 32.2. The quantitative estimate of drug-likeness (QED) is 0.576. The molecule has 2 atom stereocenters. The van der Waals surface area contributed by atoms with Gasteiger partial charge in [0.05, 0.1) is 19.3 Å². The molecule has 5 nitrogen and oxygen atoms in total. The lowest BCUT2D eigenvalue weighted by Crippen LogP contribution is -2.29. The first-order valence-electron chi connectivity index (χ1n) is 4.86. The highest BCUT2D eigenvalue weighted by molar-refractivity contribution is 8.14. The van der Waals surface area contributed by atoms with Gasteiger partial charge in [-0.15, -0.1) is 0 Å². The van der Waals surface area contributed by atoms with E-state index in [0.29, 0.717) is 0 Å². The molecule has 0 N–H and O–H groups in total. The van der Waals surface area contributed by atoms with Gasteiger partial charge in [0.2, 0.25) is 0 Å². The zero-order valence-electron chi connectivity index (χ0n) is 9.27. The van der Waals surface area contributed by atoms with Crippen LogP contribution in [-0.4, -0.2) is 43.6 Å². The normalized spacial score (nSPS) is 25.3. The highest BCUT2D eigenvalue weighted by Crippen LogP contribution is 2.28. The molecule has 0 saturated carbocycles. The van der Waals surface area contributed by atoms with Crippen LogP contribution >= 0.6 is 11.8 Å². The largest absolute Gasteiger partial charge is 0.523 e. The summed E-state index contributed by atoms with van der Waals surface area (Å²) >= 11 is 1.01. The standard InChI is InChI=1S/C8H11F3O5S2/c1-5(12)17-7-2-6(15-4-7)3-16-18(13,14)8(9,10)11/h6-7H,2-4H2,1H3/t6-,7-/m0/s1. The fourth-order valence-electron chi connectivity index (χ4n) is 1.34. The molecular formula is C8H11F3O5S2. The summed E-state index contributed by atoms with van der Waals surface area (Å²) in [6.45, 7) is 0.851. The van der Waals surface area contributed by atoms with Gasteiger partial charge in [-0.2, -0.15) is 21.6 Å². The van der Waals surface area contributed by atoms with E-state index in [2.05, 4.69) is 4.18 Å². The minimum Gasteiger partial charge on any atom is -0.375 e. The van der Waals surface area contributed by atoms with Crippen molar-refractivity contribution in [3.63, 3.8) is 0 Å². The lowest BCUT2D eigenvalue weighted by molar-refractivity contribution is -0.109. The van der Waals surface area contributed by atoms with Crippen LogP contribution in [0.5, 0.6) is 0 Å². The summed E-state index contributed by atoms with van der Waals surface area (Å²) in [7, 11) is -5.58. The predicted molar refractivity (Wildman–Crippen MR) is 57.3 cm³/mol. The summed E-state index contributed by atoms with van der Waals surface area (Å²) in [6.07, 6.45) is -0.476. The molecule has 0 aromatic rings. The van der Waals surface area contributed by atoms with Crippen molar-refractivity contribution in [3.05, 3.63) is 0 Å². The van der Waals surface area contributed by atoms with Gasteiger partial charge in [0.15, 0.2) is 5.12 Å². The second kappa shape index (κ2) is 5.76. The number of thioether (sulfide) groups is 1. The number of ether oxygens (including phenoxy) is 1. The van der Waals surface area contributed by atoms with Gasteiger partial charge in [-0.05, 0) is 6.42 Å². The molecule has 1 rings (SSSR count). The molecule has 1 saturated heterocycles. The van der Waals surface area contributed by atoms with E-state index >= 15 is 0 Å². The third-order valence-electron chi connectivity index (χ3n) is 2.07. The van der Waals surface area contributed by atoms with Gasteiger partial charge in [0.25, 0.3) is 0 Å². The third-order valence-corrected chi connectivity index (χ3v) is 4.08. The second-order valence-electron chi connectivity index (χ2n) is 3.61. The van der Waals surface area contributed by atoms with Crippen molar-refractivity contribution >= 4 is 27.0 Å². The van der Waals surface area contributed by atoms with Crippen molar-refractivity contribution in [3.8, 4) is 0 Å². The number of rotatable bonds is 4. The molecular weight excluding hydrogens is 297 g/mol. The van der Waals surface area contributed by atoms with Crippen LogP contribution in [0.15, 0.2) is 0 Å². The van der Waals surface area contributed by atoms with Crippen LogP contribution in [0.2, 0.25) is 0 Å². The van der Waals surface area contributed by atoms with Crippen molar-refractivity contribution in [1.29, 1.82) is 0 Å². The number of hydrogen-bond acceptors (Lipinski definition) is 6. The maximum Gasteiger partial charge on any atom is 0.523 e. The molecule has 1 heterocycles. The third kappa shape index (κ3) is 4.41. The van der Waals surface area contributed by atoms with Gasteiger partial charge < -0.3 is 4.74 Å². The van der Waals surface area contributed by atoms with Crippen molar-refractivity contribution in [2.45, 2.75) is 30.2 Å². The molecule has 1 aliphatic heterocycles. The molecule has 0 radical (unpaired) electrons. The minimum absolute atomic E-state index is 0.131. The van der Waals surface area contributed by atoms with Crippen molar-refractivity contribution in [1.82, 2.24) is 0 Å². The molecule has 18 heavy (non-hydrogen) atoms. The zero-order valence-corrected chi connectivity index (χ0v) is 10.9. The summed E-state index contributed by atoms with van der Waals surface area (Å²) in [6, 6.07) is 0. The molecule has 0 bridgehead atoms. The van der Waals surface area contributed by atoms with Gasteiger partial charge in [0.1, 0.15) is 0 Å². The fourth-order valence-corrected chi connectivity index (χ4v) is 2.73. The van der Waals surface area contributed by atoms with E-state index in [1.807, 2.05) is 0 Å². The van der Waals surface area contributed by atoms with E-state index in [0.717, 1.165) is 11.8 Å². The molecule has 1 aliphatic rings. The number of halogens is 3. The highest BCUT2D eigenvalue weighted by Gasteiger charge is 2.47. The Balaban J connectivity index is 2.41. The molecule has 0 aromatic carbocycles. The Bertz CT molecular complexity index is 405. The van der Waals surface area contributed by atoms with Crippen molar-refractivity contribution < 1.29 is 35.3 Å². The summed E-state index contributed by atoms with van der Waals surface area (Å²) < 4.78 is 66.0. The Labute approximate surface area is 106 Å². The van der Waals surface area contributed by atoms with Crippen LogP contribution in [0, 0.1) is 0 Å².